The molecular formula is C16H25ClN2O2. The van der Waals surface area contributed by atoms with Gasteiger partial charge in [-0.1, -0.05) is 29.8 Å². The highest BCUT2D eigenvalue weighted by atomic mass is 35.5. The van der Waals surface area contributed by atoms with Crippen LogP contribution < -0.4 is 5.32 Å². The number of ether oxygens (including phenoxy) is 1. The second kappa shape index (κ2) is 9.03. The maximum atomic E-state index is 12.0. The number of likely N-dealkylation sites (N-methyl/N-ethyl adjacent to an activating group) is 1. The normalized spacial score (nSPS) is 17.3. The van der Waals surface area contributed by atoms with Gasteiger partial charge in [0.15, 0.2) is 0 Å². The van der Waals surface area contributed by atoms with E-state index in [1.165, 1.54) is 5.56 Å². The smallest absolute Gasteiger partial charge is 0.236 e. The first kappa shape index (κ1) is 18.0. The molecule has 0 saturated carbocycles. The number of hydrogen-bond donors (Lipinski definition) is 1. The summed E-state index contributed by atoms with van der Waals surface area (Å²) >= 11 is 0. The standard InChI is InChI=1S/C16H24N2O2.ClH/c1-13-5-7-14(8-6-13)12-18(2)16(19)11-17-10-15-4-3-9-20-15;/h5-8,15,17H,3-4,9-12H2,1-2H3;1H. The molecular weight excluding hydrogens is 288 g/mol. The van der Waals surface area contributed by atoms with Crippen molar-refractivity contribution in [3.63, 3.8) is 0 Å². The number of aryl methyl sites for hydroxylation is 1. The highest BCUT2D eigenvalue weighted by Crippen LogP contribution is 2.10. The fraction of sp³-hybridized carbons (Fsp3) is 0.562. The Morgan fingerprint density at radius 2 is 2.10 bits per heavy atom. The summed E-state index contributed by atoms with van der Waals surface area (Å²) in [6.07, 6.45) is 2.51. The number of carbonyl (C=O) groups is 1. The number of halogens is 1. The van der Waals surface area contributed by atoms with Gasteiger partial charge in [-0.25, -0.2) is 0 Å². The van der Waals surface area contributed by atoms with Crippen molar-refractivity contribution in [2.75, 3.05) is 26.7 Å². The predicted octanol–water partition coefficient (Wildman–Crippen LogP) is 2.14. The summed E-state index contributed by atoms with van der Waals surface area (Å²) in [6, 6.07) is 8.28. The molecule has 1 fully saturated rings. The van der Waals surface area contributed by atoms with Gasteiger partial charge in [-0.3, -0.25) is 4.79 Å². The van der Waals surface area contributed by atoms with Gasteiger partial charge in [-0.15, -0.1) is 12.4 Å². The van der Waals surface area contributed by atoms with E-state index < -0.39 is 0 Å². The number of nitrogens with one attached hydrogen (secondary N) is 1. The zero-order chi connectivity index (χ0) is 14.4. The third-order valence-corrected chi connectivity index (χ3v) is 3.64. The third-order valence-electron chi connectivity index (χ3n) is 3.64. The largest absolute Gasteiger partial charge is 0.377 e. The monoisotopic (exact) mass is 312 g/mol. The van der Waals surface area contributed by atoms with Crippen molar-refractivity contribution in [1.82, 2.24) is 10.2 Å². The summed E-state index contributed by atoms with van der Waals surface area (Å²) < 4.78 is 5.51. The van der Waals surface area contributed by atoms with Gasteiger partial charge in [-0.2, -0.15) is 0 Å². The zero-order valence-corrected chi connectivity index (χ0v) is 13.6. The van der Waals surface area contributed by atoms with E-state index in [1.54, 1.807) is 4.90 Å². The number of rotatable bonds is 6. The molecule has 1 aromatic carbocycles. The average Bonchev–Trinajstić information content (AvgIpc) is 2.94. The molecule has 1 N–H and O–H groups in total. The molecule has 1 aliphatic rings. The molecule has 2 rings (SSSR count). The molecule has 1 atom stereocenters. The first-order valence-corrected chi connectivity index (χ1v) is 7.27. The quantitative estimate of drug-likeness (QED) is 0.875. The fourth-order valence-electron chi connectivity index (χ4n) is 2.34. The Bertz CT molecular complexity index is 430. The Labute approximate surface area is 133 Å². The minimum Gasteiger partial charge on any atom is -0.377 e. The molecule has 4 nitrogen and oxygen atoms in total. The van der Waals surface area contributed by atoms with E-state index in [0.717, 1.165) is 31.6 Å². The van der Waals surface area contributed by atoms with Crippen LogP contribution in [0.5, 0.6) is 0 Å². The van der Waals surface area contributed by atoms with Crippen molar-refractivity contribution in [3.05, 3.63) is 35.4 Å². The molecule has 5 heteroatoms. The number of benzene rings is 1. The molecule has 1 amide bonds. The lowest BCUT2D eigenvalue weighted by Gasteiger charge is -2.18. The molecule has 118 valence electrons. The minimum absolute atomic E-state index is 0. The third kappa shape index (κ3) is 6.04. The van der Waals surface area contributed by atoms with E-state index in [2.05, 4.69) is 36.5 Å². The summed E-state index contributed by atoms with van der Waals surface area (Å²) in [5.74, 6) is 0.114. The van der Waals surface area contributed by atoms with Crippen LogP contribution in [0, 0.1) is 6.92 Å². The summed E-state index contributed by atoms with van der Waals surface area (Å²) in [7, 11) is 1.84. The SMILES string of the molecule is Cc1ccc(CN(C)C(=O)CNCC2CCCO2)cc1.Cl. The Morgan fingerprint density at radius 3 is 2.71 bits per heavy atom. The Hall–Kier alpha value is -1.10. The van der Waals surface area contributed by atoms with E-state index in [1.807, 2.05) is 7.05 Å². The molecule has 1 unspecified atom stereocenters. The molecule has 1 saturated heterocycles. The Morgan fingerprint density at radius 1 is 1.38 bits per heavy atom. The second-order valence-electron chi connectivity index (χ2n) is 5.50. The highest BCUT2D eigenvalue weighted by molar-refractivity contribution is 5.85. The maximum absolute atomic E-state index is 12.0. The minimum atomic E-state index is 0. The van der Waals surface area contributed by atoms with Gasteiger partial charge in [0.25, 0.3) is 0 Å². The highest BCUT2D eigenvalue weighted by Gasteiger charge is 2.16. The van der Waals surface area contributed by atoms with Crippen LogP contribution in [-0.2, 0) is 16.1 Å². The van der Waals surface area contributed by atoms with Gasteiger partial charge in [0.2, 0.25) is 5.91 Å². The van der Waals surface area contributed by atoms with Gasteiger partial charge in [0.1, 0.15) is 0 Å². The summed E-state index contributed by atoms with van der Waals surface area (Å²) in [6.45, 7) is 4.72. The Balaban J connectivity index is 0.00000220. The van der Waals surface area contributed by atoms with Crippen LogP contribution in [0.15, 0.2) is 24.3 Å². The molecule has 1 aromatic rings. The molecule has 0 spiro atoms. The van der Waals surface area contributed by atoms with Gasteiger partial charge < -0.3 is 15.0 Å². The molecule has 0 radical (unpaired) electrons. The molecule has 1 heterocycles. The lowest BCUT2D eigenvalue weighted by atomic mass is 10.1. The van der Waals surface area contributed by atoms with Crippen molar-refractivity contribution in [2.45, 2.75) is 32.4 Å². The van der Waals surface area contributed by atoms with Gasteiger partial charge in [0.05, 0.1) is 12.6 Å². The summed E-state index contributed by atoms with van der Waals surface area (Å²) in [4.78, 5) is 13.8. The lowest BCUT2D eigenvalue weighted by molar-refractivity contribution is -0.129. The van der Waals surface area contributed by atoms with Crippen LogP contribution in [-0.4, -0.2) is 43.7 Å². The first-order chi connectivity index (χ1) is 9.65. The van der Waals surface area contributed by atoms with E-state index in [9.17, 15) is 4.79 Å². The average molecular weight is 313 g/mol. The molecule has 0 aromatic heterocycles. The van der Waals surface area contributed by atoms with Crippen molar-refractivity contribution in [1.29, 1.82) is 0 Å². The summed E-state index contributed by atoms with van der Waals surface area (Å²) in [5.41, 5.74) is 2.39. The van der Waals surface area contributed by atoms with Crippen molar-refractivity contribution in [2.24, 2.45) is 0 Å². The Kier molecular flexibility index (Phi) is 7.72. The van der Waals surface area contributed by atoms with Crippen LogP contribution in [0.25, 0.3) is 0 Å². The first-order valence-electron chi connectivity index (χ1n) is 7.27. The topological polar surface area (TPSA) is 41.6 Å². The van der Waals surface area contributed by atoms with Crippen molar-refractivity contribution < 1.29 is 9.53 Å². The zero-order valence-electron chi connectivity index (χ0n) is 12.8. The van der Waals surface area contributed by atoms with Crippen molar-refractivity contribution >= 4 is 18.3 Å². The predicted molar refractivity (Wildman–Crippen MR) is 86.7 cm³/mol. The summed E-state index contributed by atoms with van der Waals surface area (Å²) in [5, 5.41) is 3.19. The number of carbonyl (C=O) groups excluding carboxylic acids is 1. The van der Waals surface area contributed by atoms with Crippen molar-refractivity contribution in [3.8, 4) is 0 Å². The van der Waals surface area contributed by atoms with E-state index in [-0.39, 0.29) is 24.4 Å². The molecule has 0 bridgehead atoms. The van der Waals surface area contributed by atoms with Crippen LogP contribution in [0.1, 0.15) is 24.0 Å². The fourth-order valence-corrected chi connectivity index (χ4v) is 2.34. The van der Waals surface area contributed by atoms with Crippen LogP contribution in [0.4, 0.5) is 0 Å². The number of nitrogens with zero attached hydrogens (tertiary/aromatic N) is 1. The number of amides is 1. The van der Waals surface area contributed by atoms with Gasteiger partial charge in [-0.05, 0) is 25.3 Å². The maximum Gasteiger partial charge on any atom is 0.236 e. The van der Waals surface area contributed by atoms with Gasteiger partial charge in [0, 0.05) is 26.7 Å². The van der Waals surface area contributed by atoms with E-state index in [0.29, 0.717) is 13.1 Å². The van der Waals surface area contributed by atoms with Gasteiger partial charge >= 0.3 is 0 Å². The van der Waals surface area contributed by atoms with E-state index >= 15 is 0 Å². The van der Waals surface area contributed by atoms with Crippen LogP contribution in [0.2, 0.25) is 0 Å². The molecule has 21 heavy (non-hydrogen) atoms. The molecule has 1 aliphatic heterocycles. The molecule has 0 aliphatic carbocycles. The number of hydrogen-bond acceptors (Lipinski definition) is 3. The lowest BCUT2D eigenvalue weighted by Crippen LogP contribution is -2.38. The second-order valence-corrected chi connectivity index (χ2v) is 5.50. The van der Waals surface area contributed by atoms with E-state index in [4.69, 9.17) is 4.74 Å². The van der Waals surface area contributed by atoms with Crippen LogP contribution >= 0.6 is 12.4 Å². The van der Waals surface area contributed by atoms with Crippen LogP contribution in [0.3, 0.4) is 0 Å².